The van der Waals surface area contributed by atoms with Gasteiger partial charge in [0.25, 0.3) is 0 Å². The molecule has 0 aromatic carbocycles. The topological polar surface area (TPSA) is 50.9 Å². The number of nitrogens with zero attached hydrogens (tertiary/aromatic N) is 1. The van der Waals surface area contributed by atoms with Gasteiger partial charge in [-0.1, -0.05) is 19.8 Å². The molecule has 2 rings (SSSR count). The minimum Gasteiger partial charge on any atom is -0.362 e. The van der Waals surface area contributed by atoms with Gasteiger partial charge in [0.1, 0.15) is 5.82 Å². The largest absolute Gasteiger partial charge is 0.362 e. The monoisotopic (exact) mass is 311 g/mol. The molecule has 1 aromatic rings. The Balaban J connectivity index is 2.22. The van der Waals surface area contributed by atoms with E-state index in [4.69, 9.17) is 5.73 Å². The highest BCUT2D eigenvalue weighted by Gasteiger charge is 2.34. The van der Waals surface area contributed by atoms with Crippen LogP contribution in [-0.2, 0) is 0 Å². The molecule has 2 unspecified atom stereocenters. The number of hydrogen-bond acceptors (Lipinski definition) is 3. The van der Waals surface area contributed by atoms with E-state index < -0.39 is 0 Å². The number of halogens is 1. The zero-order valence-corrected chi connectivity index (χ0v) is 12.8. The van der Waals surface area contributed by atoms with Crippen molar-refractivity contribution >= 4 is 21.7 Å². The number of nitrogens with one attached hydrogen (secondary N) is 1. The van der Waals surface area contributed by atoms with Crippen LogP contribution in [0.3, 0.4) is 0 Å². The molecule has 1 heterocycles. The van der Waals surface area contributed by atoms with E-state index in [1.54, 1.807) is 0 Å². The first-order chi connectivity index (χ1) is 8.56. The molecule has 3 N–H and O–H groups in total. The van der Waals surface area contributed by atoms with Gasteiger partial charge in [0.2, 0.25) is 0 Å². The van der Waals surface area contributed by atoms with Crippen molar-refractivity contribution in [1.82, 2.24) is 4.98 Å². The number of nitrogens with two attached hydrogens (primary N) is 1. The molecule has 1 aliphatic carbocycles. The van der Waals surface area contributed by atoms with Gasteiger partial charge in [0.05, 0.1) is 10.0 Å². The fourth-order valence-electron chi connectivity index (χ4n) is 2.89. The van der Waals surface area contributed by atoms with Gasteiger partial charge in [-0.2, -0.15) is 0 Å². The average molecular weight is 312 g/mol. The Labute approximate surface area is 118 Å². The molecule has 0 aliphatic heterocycles. The van der Waals surface area contributed by atoms with Crippen LogP contribution in [0.25, 0.3) is 0 Å². The highest BCUT2D eigenvalue weighted by molar-refractivity contribution is 9.10. The standard InChI is InChI=1S/C14H22BrN3/c1-10-4-3-6-14(8-10,9-16)18-13-12(15)11(2)5-7-17-13/h5,7,10H,3-4,6,8-9,16H2,1-2H3,(H,17,18). The highest BCUT2D eigenvalue weighted by atomic mass is 79.9. The molecule has 100 valence electrons. The third-order valence-electron chi connectivity index (χ3n) is 3.95. The van der Waals surface area contributed by atoms with E-state index in [-0.39, 0.29) is 5.54 Å². The lowest BCUT2D eigenvalue weighted by Gasteiger charge is -2.40. The predicted octanol–water partition coefficient (Wildman–Crippen LogP) is 3.47. The Bertz CT molecular complexity index is 422. The van der Waals surface area contributed by atoms with Crippen molar-refractivity contribution in [2.75, 3.05) is 11.9 Å². The molecule has 0 spiro atoms. The van der Waals surface area contributed by atoms with Crippen LogP contribution in [-0.4, -0.2) is 17.1 Å². The second-order valence-electron chi connectivity index (χ2n) is 5.60. The van der Waals surface area contributed by atoms with Crippen molar-refractivity contribution in [2.24, 2.45) is 11.7 Å². The van der Waals surface area contributed by atoms with Crippen molar-refractivity contribution in [3.8, 4) is 0 Å². The van der Waals surface area contributed by atoms with Crippen LogP contribution in [0.4, 0.5) is 5.82 Å². The molecular weight excluding hydrogens is 290 g/mol. The minimum atomic E-state index is 0.0149. The van der Waals surface area contributed by atoms with Gasteiger partial charge in [-0.15, -0.1) is 0 Å². The van der Waals surface area contributed by atoms with Gasteiger partial charge < -0.3 is 11.1 Å². The van der Waals surface area contributed by atoms with E-state index in [0.717, 1.165) is 29.1 Å². The lowest BCUT2D eigenvalue weighted by molar-refractivity contribution is 0.263. The Kier molecular flexibility index (Phi) is 4.28. The highest BCUT2D eigenvalue weighted by Crippen LogP contribution is 2.36. The number of anilines is 1. The van der Waals surface area contributed by atoms with Gasteiger partial charge in [-0.25, -0.2) is 4.98 Å². The molecule has 2 atom stereocenters. The summed E-state index contributed by atoms with van der Waals surface area (Å²) in [5.74, 6) is 1.66. The first-order valence-electron chi connectivity index (χ1n) is 6.66. The summed E-state index contributed by atoms with van der Waals surface area (Å²) in [5, 5.41) is 3.60. The second-order valence-corrected chi connectivity index (χ2v) is 6.39. The van der Waals surface area contributed by atoms with Crippen LogP contribution in [0.1, 0.15) is 38.2 Å². The maximum absolute atomic E-state index is 6.03. The van der Waals surface area contributed by atoms with Gasteiger partial charge in [-0.05, 0) is 53.2 Å². The Morgan fingerprint density at radius 2 is 2.39 bits per heavy atom. The van der Waals surface area contributed by atoms with Crippen LogP contribution in [0.5, 0.6) is 0 Å². The smallest absolute Gasteiger partial charge is 0.141 e. The summed E-state index contributed by atoms with van der Waals surface area (Å²) >= 11 is 3.61. The van der Waals surface area contributed by atoms with E-state index in [1.807, 2.05) is 12.3 Å². The van der Waals surface area contributed by atoms with Crippen molar-refractivity contribution in [1.29, 1.82) is 0 Å². The summed E-state index contributed by atoms with van der Waals surface area (Å²) in [5.41, 5.74) is 7.24. The summed E-state index contributed by atoms with van der Waals surface area (Å²) in [7, 11) is 0. The number of aryl methyl sites for hydroxylation is 1. The van der Waals surface area contributed by atoms with Crippen LogP contribution in [0.15, 0.2) is 16.7 Å². The lowest BCUT2D eigenvalue weighted by Crippen LogP contribution is -2.49. The van der Waals surface area contributed by atoms with E-state index in [1.165, 1.54) is 18.4 Å². The van der Waals surface area contributed by atoms with Crippen molar-refractivity contribution < 1.29 is 0 Å². The van der Waals surface area contributed by atoms with E-state index in [0.29, 0.717) is 6.54 Å². The predicted molar refractivity (Wildman–Crippen MR) is 79.7 cm³/mol. The first-order valence-corrected chi connectivity index (χ1v) is 7.45. The van der Waals surface area contributed by atoms with Crippen LogP contribution in [0.2, 0.25) is 0 Å². The van der Waals surface area contributed by atoms with Crippen LogP contribution in [0, 0.1) is 12.8 Å². The van der Waals surface area contributed by atoms with Crippen molar-refractivity contribution in [2.45, 2.75) is 45.1 Å². The maximum Gasteiger partial charge on any atom is 0.141 e. The van der Waals surface area contributed by atoms with Crippen molar-refractivity contribution in [3.63, 3.8) is 0 Å². The molecule has 18 heavy (non-hydrogen) atoms. The molecule has 3 nitrogen and oxygen atoms in total. The summed E-state index contributed by atoms with van der Waals surface area (Å²) < 4.78 is 1.05. The zero-order chi connectivity index (χ0) is 13.2. The third-order valence-corrected chi connectivity index (χ3v) is 4.95. The third kappa shape index (κ3) is 2.86. The van der Waals surface area contributed by atoms with Crippen LogP contribution >= 0.6 is 15.9 Å². The van der Waals surface area contributed by atoms with Crippen LogP contribution < -0.4 is 11.1 Å². The zero-order valence-electron chi connectivity index (χ0n) is 11.2. The molecule has 0 saturated heterocycles. The lowest BCUT2D eigenvalue weighted by atomic mass is 9.76. The van der Waals surface area contributed by atoms with E-state index in [2.05, 4.69) is 40.1 Å². The second kappa shape index (κ2) is 5.57. The number of rotatable bonds is 3. The molecule has 0 bridgehead atoms. The first kappa shape index (κ1) is 13.8. The normalized spacial score (nSPS) is 28.1. The maximum atomic E-state index is 6.03. The quantitative estimate of drug-likeness (QED) is 0.898. The van der Waals surface area contributed by atoms with E-state index in [9.17, 15) is 0 Å². The molecule has 1 saturated carbocycles. The Morgan fingerprint density at radius 3 is 3.06 bits per heavy atom. The van der Waals surface area contributed by atoms with Gasteiger partial charge in [0, 0.05) is 12.7 Å². The number of hydrogen-bond donors (Lipinski definition) is 2. The van der Waals surface area contributed by atoms with E-state index >= 15 is 0 Å². The molecule has 1 aliphatic rings. The summed E-state index contributed by atoms with van der Waals surface area (Å²) in [6.45, 7) is 5.05. The summed E-state index contributed by atoms with van der Waals surface area (Å²) in [6.07, 6.45) is 6.67. The molecule has 1 aromatic heterocycles. The van der Waals surface area contributed by atoms with Gasteiger partial charge in [0.15, 0.2) is 0 Å². The Morgan fingerprint density at radius 1 is 1.61 bits per heavy atom. The van der Waals surface area contributed by atoms with Crippen molar-refractivity contribution in [3.05, 3.63) is 22.3 Å². The fraction of sp³-hybridized carbons (Fsp3) is 0.643. The Hall–Kier alpha value is -0.610. The molecular formula is C14H22BrN3. The molecule has 1 fully saturated rings. The SMILES string of the molecule is Cc1ccnc(NC2(CN)CCCC(C)C2)c1Br. The molecule has 4 heteroatoms. The molecule has 0 radical (unpaired) electrons. The average Bonchev–Trinajstić information content (AvgIpc) is 2.35. The van der Waals surface area contributed by atoms with Gasteiger partial charge >= 0.3 is 0 Å². The molecule has 0 amide bonds. The minimum absolute atomic E-state index is 0.0149. The van der Waals surface area contributed by atoms with Gasteiger partial charge in [-0.3, -0.25) is 0 Å². The summed E-state index contributed by atoms with van der Waals surface area (Å²) in [6, 6.07) is 2.01. The fourth-order valence-corrected chi connectivity index (χ4v) is 3.22. The number of pyridine rings is 1. The summed E-state index contributed by atoms with van der Waals surface area (Å²) in [4.78, 5) is 4.44. The number of aromatic nitrogens is 1.